The fraction of sp³-hybridized carbons (Fsp3) is 0.727. The molecule has 1 fully saturated rings. The van der Waals surface area contributed by atoms with E-state index in [2.05, 4.69) is 23.1 Å². The monoisotopic (exact) mass is 244 g/mol. The summed E-state index contributed by atoms with van der Waals surface area (Å²) in [6, 6.07) is 0.373. The van der Waals surface area contributed by atoms with Gasteiger partial charge in [-0.15, -0.1) is 12.4 Å². The van der Waals surface area contributed by atoms with Crippen LogP contribution >= 0.6 is 12.4 Å². The van der Waals surface area contributed by atoms with Gasteiger partial charge in [0.15, 0.2) is 0 Å². The first kappa shape index (κ1) is 13.5. The van der Waals surface area contributed by atoms with E-state index in [1.165, 1.54) is 24.9 Å². The molecule has 0 spiro atoms. The second-order valence-corrected chi connectivity index (χ2v) is 4.48. The molecule has 0 aliphatic carbocycles. The van der Waals surface area contributed by atoms with E-state index in [1.807, 2.05) is 10.9 Å². The lowest BCUT2D eigenvalue weighted by Gasteiger charge is -2.30. The quantitative estimate of drug-likeness (QED) is 0.864. The number of nitrogens with two attached hydrogens (primary N) is 1. The van der Waals surface area contributed by atoms with E-state index in [0.717, 1.165) is 19.6 Å². The van der Waals surface area contributed by atoms with Crippen molar-refractivity contribution in [3.05, 3.63) is 18.0 Å². The van der Waals surface area contributed by atoms with Gasteiger partial charge < -0.3 is 5.73 Å². The lowest BCUT2D eigenvalue weighted by atomic mass is 10.1. The Morgan fingerprint density at radius 3 is 2.94 bits per heavy atom. The molecule has 0 unspecified atom stereocenters. The fourth-order valence-electron chi connectivity index (χ4n) is 2.13. The van der Waals surface area contributed by atoms with Gasteiger partial charge in [0.1, 0.15) is 0 Å². The van der Waals surface area contributed by atoms with E-state index in [4.69, 9.17) is 5.73 Å². The van der Waals surface area contributed by atoms with Crippen LogP contribution in [0.15, 0.2) is 12.4 Å². The third-order valence-corrected chi connectivity index (χ3v) is 2.95. The molecule has 0 aromatic carbocycles. The summed E-state index contributed by atoms with van der Waals surface area (Å²) in [5.41, 5.74) is 7.16. The lowest BCUT2D eigenvalue weighted by molar-refractivity contribution is 0.200. The smallest absolute Gasteiger partial charge is 0.0536 e. The summed E-state index contributed by atoms with van der Waals surface area (Å²) in [5, 5.41) is 4.28. The molecule has 2 N–H and O–H groups in total. The molecule has 1 aliphatic heterocycles. The van der Waals surface area contributed by atoms with E-state index in [-0.39, 0.29) is 12.4 Å². The molecule has 0 bridgehead atoms. The van der Waals surface area contributed by atoms with Gasteiger partial charge in [0, 0.05) is 25.3 Å². The van der Waals surface area contributed by atoms with Gasteiger partial charge >= 0.3 is 0 Å². The van der Waals surface area contributed by atoms with Gasteiger partial charge in [-0.25, -0.2) is 0 Å². The van der Waals surface area contributed by atoms with Gasteiger partial charge in [-0.2, -0.15) is 5.10 Å². The molecule has 1 atom stereocenters. The number of aryl methyl sites for hydroxylation is 1. The molecule has 1 saturated heterocycles. The van der Waals surface area contributed by atoms with Crippen molar-refractivity contribution in [2.45, 2.75) is 32.4 Å². The highest BCUT2D eigenvalue weighted by Gasteiger charge is 2.15. The van der Waals surface area contributed by atoms with Crippen molar-refractivity contribution in [2.24, 2.45) is 5.73 Å². The van der Waals surface area contributed by atoms with E-state index < -0.39 is 0 Å². The Hall–Kier alpha value is -0.580. The molecule has 16 heavy (non-hydrogen) atoms. The normalized spacial score (nSPS) is 21.8. The van der Waals surface area contributed by atoms with Crippen molar-refractivity contribution < 1.29 is 0 Å². The molecule has 4 nitrogen and oxygen atoms in total. The molecule has 1 aliphatic rings. The second-order valence-electron chi connectivity index (χ2n) is 4.48. The Balaban J connectivity index is 0.00000128. The minimum atomic E-state index is 0. The largest absolute Gasteiger partial charge is 0.327 e. The molecule has 5 heteroatoms. The first-order valence-electron chi connectivity index (χ1n) is 5.71. The van der Waals surface area contributed by atoms with Crippen LogP contribution in [0.25, 0.3) is 0 Å². The van der Waals surface area contributed by atoms with Crippen LogP contribution in [0, 0.1) is 6.92 Å². The predicted molar refractivity (Wildman–Crippen MR) is 67.9 cm³/mol. The van der Waals surface area contributed by atoms with E-state index >= 15 is 0 Å². The summed E-state index contributed by atoms with van der Waals surface area (Å²) >= 11 is 0. The number of aromatic nitrogens is 2. The van der Waals surface area contributed by atoms with Crippen molar-refractivity contribution in [3.8, 4) is 0 Å². The number of hydrogen-bond donors (Lipinski definition) is 1. The zero-order chi connectivity index (χ0) is 10.7. The van der Waals surface area contributed by atoms with Crippen molar-refractivity contribution in [1.29, 1.82) is 0 Å². The minimum absolute atomic E-state index is 0. The van der Waals surface area contributed by atoms with Gasteiger partial charge in [-0.05, 0) is 31.9 Å². The maximum Gasteiger partial charge on any atom is 0.0536 e. The number of likely N-dealkylation sites (tertiary alicyclic amines) is 1. The van der Waals surface area contributed by atoms with Gasteiger partial charge in [-0.3, -0.25) is 9.58 Å². The highest BCUT2D eigenvalue weighted by molar-refractivity contribution is 5.85. The zero-order valence-corrected chi connectivity index (χ0v) is 10.6. The first-order chi connectivity index (χ1) is 7.24. The summed E-state index contributed by atoms with van der Waals surface area (Å²) < 4.78 is 2.01. The molecular formula is C11H21ClN4. The SMILES string of the molecule is Cc1cnn(CCN2CCC[C@@H](N)C2)c1.Cl. The summed E-state index contributed by atoms with van der Waals surface area (Å²) in [7, 11) is 0. The van der Waals surface area contributed by atoms with Crippen LogP contribution < -0.4 is 5.73 Å². The van der Waals surface area contributed by atoms with Crippen molar-refractivity contribution >= 4 is 12.4 Å². The van der Waals surface area contributed by atoms with E-state index in [9.17, 15) is 0 Å². The summed E-state index contributed by atoms with van der Waals surface area (Å²) in [5.74, 6) is 0. The summed E-state index contributed by atoms with van der Waals surface area (Å²) in [6.45, 7) is 6.34. The van der Waals surface area contributed by atoms with Crippen molar-refractivity contribution in [1.82, 2.24) is 14.7 Å². The third-order valence-electron chi connectivity index (χ3n) is 2.95. The van der Waals surface area contributed by atoms with Gasteiger partial charge in [0.2, 0.25) is 0 Å². The molecule has 0 saturated carbocycles. The molecule has 1 aromatic heterocycles. The maximum absolute atomic E-state index is 5.93. The number of halogens is 1. The average Bonchev–Trinajstić information content (AvgIpc) is 2.62. The van der Waals surface area contributed by atoms with Crippen LogP contribution in [-0.4, -0.2) is 40.4 Å². The van der Waals surface area contributed by atoms with Crippen LogP contribution in [0.2, 0.25) is 0 Å². The Morgan fingerprint density at radius 2 is 2.31 bits per heavy atom. The number of rotatable bonds is 3. The van der Waals surface area contributed by atoms with Crippen LogP contribution in [0.1, 0.15) is 18.4 Å². The zero-order valence-electron chi connectivity index (χ0n) is 9.80. The molecule has 2 heterocycles. The van der Waals surface area contributed by atoms with Crippen LogP contribution in [0.4, 0.5) is 0 Å². The second kappa shape index (κ2) is 6.23. The molecule has 92 valence electrons. The third kappa shape index (κ3) is 3.77. The van der Waals surface area contributed by atoms with Crippen molar-refractivity contribution in [3.63, 3.8) is 0 Å². The number of piperidine rings is 1. The molecule has 1 aromatic rings. The Morgan fingerprint density at radius 1 is 1.50 bits per heavy atom. The molecule has 2 rings (SSSR count). The average molecular weight is 245 g/mol. The Labute approximate surface area is 103 Å². The first-order valence-corrected chi connectivity index (χ1v) is 5.71. The lowest BCUT2D eigenvalue weighted by Crippen LogP contribution is -2.43. The van der Waals surface area contributed by atoms with Crippen molar-refractivity contribution in [2.75, 3.05) is 19.6 Å². The van der Waals surface area contributed by atoms with Gasteiger partial charge in [0.05, 0.1) is 12.7 Å². The maximum atomic E-state index is 5.93. The number of hydrogen-bond acceptors (Lipinski definition) is 3. The summed E-state index contributed by atoms with van der Waals surface area (Å²) in [4.78, 5) is 2.44. The number of nitrogens with zero attached hydrogens (tertiary/aromatic N) is 3. The summed E-state index contributed by atoms with van der Waals surface area (Å²) in [6.07, 6.45) is 6.41. The predicted octanol–water partition coefficient (Wildman–Crippen LogP) is 1.04. The highest BCUT2D eigenvalue weighted by Crippen LogP contribution is 2.07. The Bertz CT molecular complexity index is 313. The van der Waals surface area contributed by atoms with E-state index in [1.54, 1.807) is 0 Å². The van der Waals surface area contributed by atoms with Gasteiger partial charge in [-0.1, -0.05) is 0 Å². The Kier molecular flexibility index (Phi) is 5.25. The topological polar surface area (TPSA) is 47.1 Å². The van der Waals surface area contributed by atoms with Crippen LogP contribution in [0.5, 0.6) is 0 Å². The molecular weight excluding hydrogens is 224 g/mol. The minimum Gasteiger partial charge on any atom is -0.327 e. The van der Waals surface area contributed by atoms with Crippen LogP contribution in [0.3, 0.4) is 0 Å². The fourth-order valence-corrected chi connectivity index (χ4v) is 2.13. The highest BCUT2D eigenvalue weighted by atomic mass is 35.5. The molecule has 0 amide bonds. The molecule has 0 radical (unpaired) electrons. The van der Waals surface area contributed by atoms with E-state index in [0.29, 0.717) is 6.04 Å². The van der Waals surface area contributed by atoms with Gasteiger partial charge in [0.25, 0.3) is 0 Å². The van der Waals surface area contributed by atoms with Crippen LogP contribution in [-0.2, 0) is 6.54 Å². The standard InChI is InChI=1S/C11H20N4.ClH/c1-10-7-13-15(8-10)6-5-14-4-2-3-11(12)9-14;/h7-8,11H,2-6,9,12H2,1H3;1H/t11-;/m1./s1.